The molecule has 0 radical (unpaired) electrons. The molecule has 9 nitrogen and oxygen atoms in total. The number of carbonyl (C=O) groups excluding carboxylic acids is 2. The molecule has 0 spiro atoms. The van der Waals surface area contributed by atoms with Gasteiger partial charge in [0.2, 0.25) is 11.8 Å². The Morgan fingerprint density at radius 1 is 0.927 bits per heavy atom. The minimum atomic E-state index is -0.231. The summed E-state index contributed by atoms with van der Waals surface area (Å²) in [6.45, 7) is 10.3. The molecule has 41 heavy (non-hydrogen) atoms. The number of amides is 2. The van der Waals surface area contributed by atoms with E-state index in [0.29, 0.717) is 35.4 Å². The van der Waals surface area contributed by atoms with Gasteiger partial charge in [-0.05, 0) is 55.1 Å². The predicted molar refractivity (Wildman–Crippen MR) is 159 cm³/mol. The number of rotatable bonds is 11. The van der Waals surface area contributed by atoms with Crippen LogP contribution in [0, 0.1) is 13.8 Å². The van der Waals surface area contributed by atoms with E-state index in [9.17, 15) is 9.59 Å². The first kappa shape index (κ1) is 31.2. The van der Waals surface area contributed by atoms with Crippen LogP contribution in [0.2, 0.25) is 0 Å². The number of hydrogen-bond acceptors (Lipinski definition) is 7. The summed E-state index contributed by atoms with van der Waals surface area (Å²) in [5, 5.41) is 14.0. The van der Waals surface area contributed by atoms with Gasteiger partial charge in [0.25, 0.3) is 11.8 Å². The van der Waals surface area contributed by atoms with E-state index in [0.717, 1.165) is 25.1 Å². The van der Waals surface area contributed by atoms with Gasteiger partial charge in [0, 0.05) is 50.6 Å². The van der Waals surface area contributed by atoms with Gasteiger partial charge in [-0.3, -0.25) is 14.6 Å². The smallest absolute Gasteiger partial charge is 0.254 e. The molecule has 4 aromatic rings. The van der Waals surface area contributed by atoms with E-state index in [1.807, 2.05) is 30.6 Å². The van der Waals surface area contributed by atoms with E-state index >= 15 is 0 Å². The molecule has 0 saturated carbocycles. The highest BCUT2D eigenvalue weighted by Crippen LogP contribution is 2.14. The van der Waals surface area contributed by atoms with Crippen molar-refractivity contribution >= 4 is 11.8 Å². The van der Waals surface area contributed by atoms with Crippen LogP contribution in [0.25, 0.3) is 0 Å². The number of benzene rings is 2. The lowest BCUT2D eigenvalue weighted by Gasteiger charge is -2.15. The van der Waals surface area contributed by atoms with Crippen molar-refractivity contribution in [1.82, 2.24) is 30.7 Å². The predicted octanol–water partition coefficient (Wildman–Crippen LogP) is 5.07. The molecule has 0 aliphatic carbocycles. The first-order valence-corrected chi connectivity index (χ1v) is 13.8. The molecule has 2 aromatic carbocycles. The van der Waals surface area contributed by atoms with Crippen molar-refractivity contribution < 1.29 is 14.0 Å². The topological polar surface area (TPSA) is 113 Å². The van der Waals surface area contributed by atoms with Crippen molar-refractivity contribution in [3.63, 3.8) is 0 Å². The molecule has 2 amide bonds. The number of pyridine rings is 1. The summed E-state index contributed by atoms with van der Waals surface area (Å²) in [5.41, 5.74) is 4.56. The van der Waals surface area contributed by atoms with Crippen molar-refractivity contribution in [3.8, 4) is 0 Å². The highest BCUT2D eigenvalue weighted by molar-refractivity contribution is 5.99. The molecule has 2 N–H and O–H groups in total. The molecule has 4 rings (SSSR count). The summed E-state index contributed by atoms with van der Waals surface area (Å²) in [7, 11) is 1.65. The van der Waals surface area contributed by atoms with Crippen LogP contribution < -0.4 is 10.6 Å². The van der Waals surface area contributed by atoms with E-state index in [1.165, 1.54) is 16.0 Å². The van der Waals surface area contributed by atoms with E-state index in [4.69, 9.17) is 4.42 Å². The van der Waals surface area contributed by atoms with E-state index in [2.05, 4.69) is 64.8 Å². The zero-order valence-electron chi connectivity index (χ0n) is 24.6. The number of aromatic nitrogens is 3. The third-order valence-electron chi connectivity index (χ3n) is 6.23. The summed E-state index contributed by atoms with van der Waals surface area (Å²) in [5.74, 6) is 0.817. The van der Waals surface area contributed by atoms with Gasteiger partial charge in [-0.2, -0.15) is 0 Å². The molecule has 0 saturated heterocycles. The lowest BCUT2D eigenvalue weighted by atomic mass is 10.0. The molecule has 216 valence electrons. The lowest BCUT2D eigenvalue weighted by Crippen LogP contribution is -2.28. The van der Waals surface area contributed by atoms with Crippen molar-refractivity contribution in [1.29, 1.82) is 0 Å². The van der Waals surface area contributed by atoms with Gasteiger partial charge in [0.15, 0.2) is 0 Å². The molecule has 0 bridgehead atoms. The van der Waals surface area contributed by atoms with Crippen LogP contribution in [-0.4, -0.2) is 52.0 Å². The van der Waals surface area contributed by atoms with Crippen LogP contribution in [0.1, 0.15) is 75.4 Å². The van der Waals surface area contributed by atoms with Gasteiger partial charge in [0.1, 0.15) is 0 Å². The maximum absolute atomic E-state index is 12.7. The fourth-order valence-electron chi connectivity index (χ4n) is 3.89. The highest BCUT2D eigenvalue weighted by Gasteiger charge is 2.16. The van der Waals surface area contributed by atoms with Crippen molar-refractivity contribution in [2.75, 3.05) is 20.1 Å². The average molecular weight is 557 g/mol. The molecule has 0 aliphatic rings. The van der Waals surface area contributed by atoms with Gasteiger partial charge < -0.3 is 20.0 Å². The van der Waals surface area contributed by atoms with Gasteiger partial charge in [-0.1, -0.05) is 61.9 Å². The summed E-state index contributed by atoms with van der Waals surface area (Å²) in [6.07, 6.45) is 4.56. The number of aryl methyl sites for hydroxylation is 2. The lowest BCUT2D eigenvalue weighted by molar-refractivity contribution is 0.0772. The molecule has 9 heteroatoms. The van der Waals surface area contributed by atoms with Crippen molar-refractivity contribution in [2.45, 2.75) is 53.1 Å². The zero-order chi connectivity index (χ0) is 29.6. The highest BCUT2D eigenvalue weighted by atomic mass is 16.4. The monoisotopic (exact) mass is 556 g/mol. The minimum absolute atomic E-state index is 0.195. The van der Waals surface area contributed by atoms with Crippen LogP contribution in [0.5, 0.6) is 0 Å². The third-order valence-corrected chi connectivity index (χ3v) is 6.23. The fraction of sp³-hybridized carbons (Fsp3) is 0.344. The van der Waals surface area contributed by atoms with E-state index in [1.54, 1.807) is 38.2 Å². The summed E-state index contributed by atoms with van der Waals surface area (Å²) in [6, 6.07) is 19.1. The van der Waals surface area contributed by atoms with Crippen LogP contribution in [0.3, 0.4) is 0 Å². The largest absolute Gasteiger partial charge is 0.424 e. The van der Waals surface area contributed by atoms with Crippen LogP contribution in [-0.2, 0) is 13.1 Å². The molecule has 0 atom stereocenters. The third kappa shape index (κ3) is 10.6. The minimum Gasteiger partial charge on any atom is -0.424 e. The Morgan fingerprint density at radius 2 is 1.68 bits per heavy atom. The standard InChI is InChI=1S/C25H32N6O3.C7H8/c1-17(2)22-11-19(14-27-15-22)13-26-9-6-10-28-24(32)20-7-5-8-21(12-20)25(33)31(4)16-23-30-29-18(3)34-23;1-7-5-3-2-4-6-7/h5,7-8,11-12,14-15,17,26H,6,9-10,13,16H2,1-4H3,(H,28,32);2-6H,1H3. The van der Waals surface area contributed by atoms with Crippen LogP contribution in [0.4, 0.5) is 0 Å². The van der Waals surface area contributed by atoms with Crippen molar-refractivity contribution in [3.05, 3.63) is 113 Å². The molecule has 0 aliphatic heterocycles. The summed E-state index contributed by atoms with van der Waals surface area (Å²) in [4.78, 5) is 31.0. The molecule has 0 unspecified atom stereocenters. The first-order chi connectivity index (χ1) is 19.7. The van der Waals surface area contributed by atoms with E-state index in [-0.39, 0.29) is 18.4 Å². The van der Waals surface area contributed by atoms with Gasteiger partial charge >= 0.3 is 0 Å². The Bertz CT molecular complexity index is 1390. The Hall–Kier alpha value is -4.37. The Kier molecular flexibility index (Phi) is 12.2. The molecule has 2 heterocycles. The Labute approximate surface area is 242 Å². The van der Waals surface area contributed by atoms with E-state index < -0.39 is 0 Å². The summed E-state index contributed by atoms with van der Waals surface area (Å²) < 4.78 is 5.33. The Morgan fingerprint density at radius 3 is 2.34 bits per heavy atom. The van der Waals surface area contributed by atoms with Gasteiger partial charge in [-0.25, -0.2) is 0 Å². The van der Waals surface area contributed by atoms with Crippen LogP contribution in [0.15, 0.2) is 77.5 Å². The number of nitrogens with one attached hydrogen (secondary N) is 2. The second-order valence-electron chi connectivity index (χ2n) is 10.2. The van der Waals surface area contributed by atoms with Crippen LogP contribution >= 0.6 is 0 Å². The molecule has 0 fully saturated rings. The SMILES string of the molecule is Cc1ccccc1.Cc1nnc(CN(C)C(=O)c2cccc(C(=O)NCCCNCc3cncc(C(C)C)c3)c2)o1. The number of nitrogens with zero attached hydrogens (tertiary/aromatic N) is 4. The number of carbonyl (C=O) groups is 2. The molecular weight excluding hydrogens is 516 g/mol. The molecular formula is C32H40N6O3. The summed E-state index contributed by atoms with van der Waals surface area (Å²) >= 11 is 0. The fourth-order valence-corrected chi connectivity index (χ4v) is 3.89. The second-order valence-corrected chi connectivity index (χ2v) is 10.2. The first-order valence-electron chi connectivity index (χ1n) is 13.8. The van der Waals surface area contributed by atoms with Gasteiger partial charge in [0.05, 0.1) is 6.54 Å². The molecule has 2 aromatic heterocycles. The maximum Gasteiger partial charge on any atom is 0.254 e. The zero-order valence-corrected chi connectivity index (χ0v) is 24.6. The van der Waals surface area contributed by atoms with Crippen molar-refractivity contribution in [2.24, 2.45) is 0 Å². The second kappa shape index (κ2) is 16.0. The number of hydrogen-bond donors (Lipinski definition) is 2. The quantitative estimate of drug-likeness (QED) is 0.248. The van der Waals surface area contributed by atoms with Gasteiger partial charge in [-0.15, -0.1) is 10.2 Å². The maximum atomic E-state index is 12.7. The normalized spacial score (nSPS) is 10.6. The Balaban J connectivity index is 0.000000575. The average Bonchev–Trinajstić information content (AvgIpc) is 3.39.